The number of rotatable bonds is 1. The molecule has 0 saturated heterocycles. The summed E-state index contributed by atoms with van der Waals surface area (Å²) < 4.78 is 6.07. The van der Waals surface area contributed by atoms with E-state index < -0.39 is 0 Å². The van der Waals surface area contributed by atoms with Gasteiger partial charge in [-0.2, -0.15) is 4.73 Å². The van der Waals surface area contributed by atoms with E-state index in [0.717, 1.165) is 15.6 Å². The average molecular weight is 277 g/mol. The van der Waals surface area contributed by atoms with E-state index in [0.29, 0.717) is 27.8 Å². The van der Waals surface area contributed by atoms with E-state index >= 15 is 0 Å². The van der Waals surface area contributed by atoms with Crippen molar-refractivity contribution in [1.82, 2.24) is 9.97 Å². The molecule has 102 valence electrons. The van der Waals surface area contributed by atoms with Gasteiger partial charge in [-0.25, -0.2) is 4.98 Å². The van der Waals surface area contributed by atoms with Crippen LogP contribution >= 0.6 is 0 Å². The highest BCUT2D eigenvalue weighted by atomic mass is 16.5. The summed E-state index contributed by atoms with van der Waals surface area (Å²) in [5.41, 5.74) is 3.13. The second-order valence-corrected chi connectivity index (χ2v) is 4.76. The molecule has 0 amide bonds. The number of hydrogen-bond donors (Lipinski definition) is 0. The molecule has 0 atom stereocenters. The summed E-state index contributed by atoms with van der Waals surface area (Å²) >= 11 is 0. The quantitative estimate of drug-likeness (QED) is 0.232. The van der Waals surface area contributed by atoms with Gasteiger partial charge in [0.2, 0.25) is 11.0 Å². The second-order valence-electron chi connectivity index (χ2n) is 4.76. The lowest BCUT2D eigenvalue weighted by Crippen LogP contribution is -2.28. The molecule has 0 aliphatic carbocycles. The Morgan fingerprint density at radius 3 is 2.76 bits per heavy atom. The summed E-state index contributed by atoms with van der Waals surface area (Å²) in [5, 5.41) is 13.5. The Morgan fingerprint density at radius 2 is 1.90 bits per heavy atom. The van der Waals surface area contributed by atoms with E-state index in [1.807, 2.05) is 18.2 Å². The number of ether oxygens (including phenoxy) is 1. The fraction of sp³-hybridized carbons (Fsp3) is 0.0625. The highest BCUT2D eigenvalue weighted by Gasteiger charge is 2.15. The van der Waals surface area contributed by atoms with Gasteiger partial charge in [-0.3, -0.25) is 4.98 Å². The molecular formula is C16H11N3O2. The van der Waals surface area contributed by atoms with Crippen molar-refractivity contribution in [1.29, 1.82) is 0 Å². The fourth-order valence-corrected chi connectivity index (χ4v) is 2.54. The van der Waals surface area contributed by atoms with Gasteiger partial charge in [-0.1, -0.05) is 0 Å². The first-order valence-corrected chi connectivity index (χ1v) is 6.53. The van der Waals surface area contributed by atoms with Gasteiger partial charge >= 0.3 is 0 Å². The molecule has 4 rings (SSSR count). The molecule has 2 aromatic carbocycles. The van der Waals surface area contributed by atoms with Gasteiger partial charge in [0.15, 0.2) is 0 Å². The van der Waals surface area contributed by atoms with Crippen molar-refractivity contribution >= 4 is 33.0 Å². The molecule has 2 aromatic heterocycles. The molecule has 4 aromatic rings. The molecule has 0 N–H and O–H groups in total. The molecule has 5 heteroatoms. The van der Waals surface area contributed by atoms with Crippen molar-refractivity contribution in [2.45, 2.75) is 0 Å². The molecule has 0 unspecified atom stereocenters. The Kier molecular flexibility index (Phi) is 2.41. The van der Waals surface area contributed by atoms with Gasteiger partial charge in [0.1, 0.15) is 16.8 Å². The number of aromatic nitrogens is 3. The van der Waals surface area contributed by atoms with Crippen LogP contribution in [0.5, 0.6) is 5.75 Å². The molecule has 21 heavy (non-hydrogen) atoms. The highest BCUT2D eigenvalue weighted by molar-refractivity contribution is 6.02. The zero-order valence-corrected chi connectivity index (χ0v) is 11.3. The largest absolute Gasteiger partial charge is 0.618 e. The number of benzene rings is 2. The van der Waals surface area contributed by atoms with Crippen LogP contribution in [0.1, 0.15) is 0 Å². The second kappa shape index (κ2) is 4.28. The Hall–Kier alpha value is -2.95. The third-order valence-corrected chi connectivity index (χ3v) is 3.59. The fourth-order valence-electron chi connectivity index (χ4n) is 2.54. The molecule has 0 aliphatic rings. The van der Waals surface area contributed by atoms with Crippen LogP contribution in [0.25, 0.3) is 33.0 Å². The molecule has 0 fully saturated rings. The van der Waals surface area contributed by atoms with Crippen LogP contribution in [-0.2, 0) is 0 Å². The topological polar surface area (TPSA) is 62.0 Å². The first kappa shape index (κ1) is 11.8. The van der Waals surface area contributed by atoms with Crippen LogP contribution < -0.4 is 9.47 Å². The maximum absolute atomic E-state index is 12.6. The van der Waals surface area contributed by atoms with Crippen molar-refractivity contribution < 1.29 is 9.47 Å². The van der Waals surface area contributed by atoms with E-state index in [9.17, 15) is 5.21 Å². The number of methoxy groups -OCH3 is 1. The predicted molar refractivity (Wildman–Crippen MR) is 80.1 cm³/mol. The number of nitrogens with zero attached hydrogens (tertiary/aromatic N) is 3. The van der Waals surface area contributed by atoms with Crippen LogP contribution in [0.2, 0.25) is 0 Å². The van der Waals surface area contributed by atoms with Crippen molar-refractivity contribution in [3.05, 3.63) is 53.9 Å². The Labute approximate surface area is 120 Å². The van der Waals surface area contributed by atoms with Gasteiger partial charge in [-0.15, -0.1) is 0 Å². The SMILES string of the molecule is COc1ccc2nc3c4cccnc4ccc3[n+]([O-])c2c1. The van der Waals surface area contributed by atoms with Gasteiger partial charge in [0, 0.05) is 17.6 Å². The smallest absolute Gasteiger partial charge is 0.246 e. The minimum absolute atomic E-state index is 0.491. The van der Waals surface area contributed by atoms with E-state index in [2.05, 4.69) is 9.97 Å². The molecule has 0 saturated carbocycles. The van der Waals surface area contributed by atoms with E-state index in [1.54, 1.807) is 37.6 Å². The van der Waals surface area contributed by atoms with Gasteiger partial charge in [0.05, 0.1) is 18.7 Å². The van der Waals surface area contributed by atoms with Crippen LogP contribution in [0.4, 0.5) is 0 Å². The lowest BCUT2D eigenvalue weighted by molar-refractivity contribution is -0.548. The van der Waals surface area contributed by atoms with Crippen molar-refractivity contribution in [2.24, 2.45) is 0 Å². The minimum Gasteiger partial charge on any atom is -0.618 e. The standard InChI is InChI=1S/C16H11N3O2/c1-21-10-4-5-13-15(9-10)19(20)14-7-6-12-11(16(14)18-13)3-2-8-17-12/h2-9H,1H3. The third kappa shape index (κ3) is 1.67. The summed E-state index contributed by atoms with van der Waals surface area (Å²) in [7, 11) is 1.57. The molecule has 0 aliphatic heterocycles. The lowest BCUT2D eigenvalue weighted by atomic mass is 10.1. The van der Waals surface area contributed by atoms with E-state index in [-0.39, 0.29) is 0 Å². The summed E-state index contributed by atoms with van der Waals surface area (Å²) in [4.78, 5) is 8.92. The van der Waals surface area contributed by atoms with Crippen LogP contribution in [0, 0.1) is 5.21 Å². The Bertz CT molecular complexity index is 999. The van der Waals surface area contributed by atoms with Crippen molar-refractivity contribution in [3.8, 4) is 5.75 Å². The average Bonchev–Trinajstić information content (AvgIpc) is 2.54. The Balaban J connectivity index is 2.21. The van der Waals surface area contributed by atoms with Gasteiger partial charge in [0.25, 0.3) is 0 Å². The first-order valence-electron chi connectivity index (χ1n) is 6.53. The number of pyridine rings is 1. The molecule has 0 bridgehead atoms. The predicted octanol–water partition coefficient (Wildman–Crippen LogP) is 2.58. The van der Waals surface area contributed by atoms with Crippen molar-refractivity contribution in [3.63, 3.8) is 0 Å². The molecule has 2 heterocycles. The normalized spacial score (nSPS) is 11.3. The number of fused-ring (bicyclic) bond motifs is 4. The lowest BCUT2D eigenvalue weighted by Gasteiger charge is -2.08. The zero-order valence-electron chi connectivity index (χ0n) is 11.3. The molecule has 0 radical (unpaired) electrons. The maximum atomic E-state index is 12.6. The third-order valence-electron chi connectivity index (χ3n) is 3.59. The molecule has 0 spiro atoms. The summed E-state index contributed by atoms with van der Waals surface area (Å²) in [6, 6.07) is 12.6. The van der Waals surface area contributed by atoms with Crippen LogP contribution in [-0.4, -0.2) is 17.1 Å². The highest BCUT2D eigenvalue weighted by Crippen LogP contribution is 2.24. The van der Waals surface area contributed by atoms with Crippen molar-refractivity contribution in [2.75, 3.05) is 7.11 Å². The van der Waals surface area contributed by atoms with Gasteiger partial charge in [-0.05, 0) is 30.3 Å². The Morgan fingerprint density at radius 1 is 1.05 bits per heavy atom. The van der Waals surface area contributed by atoms with E-state index in [1.165, 1.54) is 0 Å². The summed E-state index contributed by atoms with van der Waals surface area (Å²) in [6.45, 7) is 0. The van der Waals surface area contributed by atoms with Crippen LogP contribution in [0.3, 0.4) is 0 Å². The molecule has 5 nitrogen and oxygen atoms in total. The first-order chi connectivity index (χ1) is 10.3. The minimum atomic E-state index is 0.491. The maximum Gasteiger partial charge on any atom is 0.246 e. The summed E-state index contributed by atoms with van der Waals surface area (Å²) in [5.74, 6) is 0.635. The summed E-state index contributed by atoms with van der Waals surface area (Å²) in [6.07, 6.45) is 1.73. The monoisotopic (exact) mass is 277 g/mol. The van der Waals surface area contributed by atoms with Gasteiger partial charge < -0.3 is 9.94 Å². The zero-order chi connectivity index (χ0) is 14.4. The molecular weight excluding hydrogens is 266 g/mol. The van der Waals surface area contributed by atoms with Crippen LogP contribution in [0.15, 0.2) is 48.7 Å². The number of hydrogen-bond acceptors (Lipinski definition) is 4. The van der Waals surface area contributed by atoms with E-state index in [4.69, 9.17) is 4.74 Å².